The molecule has 142 valence electrons. The molecule has 7 heteroatoms. The smallest absolute Gasteiger partial charge is 0.308 e. The van der Waals surface area contributed by atoms with Crippen LogP contribution in [0.1, 0.15) is 31.2 Å². The second-order valence-electron chi connectivity index (χ2n) is 6.96. The number of hydrogen-bond donors (Lipinski definition) is 1. The fourth-order valence-corrected chi connectivity index (χ4v) is 3.76. The van der Waals surface area contributed by atoms with E-state index in [0.717, 1.165) is 25.0 Å². The van der Waals surface area contributed by atoms with Crippen LogP contribution < -0.4 is 0 Å². The highest BCUT2D eigenvalue weighted by Crippen LogP contribution is 2.34. The average molecular weight is 382 g/mol. The first-order valence-electron chi connectivity index (χ1n) is 8.96. The zero-order valence-corrected chi connectivity index (χ0v) is 15.5. The van der Waals surface area contributed by atoms with E-state index in [9.17, 15) is 14.7 Å². The van der Waals surface area contributed by atoms with E-state index in [4.69, 9.17) is 21.1 Å². The van der Waals surface area contributed by atoms with Gasteiger partial charge in [0, 0.05) is 30.6 Å². The Morgan fingerprint density at radius 3 is 2.69 bits per heavy atom. The first-order valence-corrected chi connectivity index (χ1v) is 9.33. The number of carboxylic acids is 1. The Morgan fingerprint density at radius 2 is 2.08 bits per heavy atom. The summed E-state index contributed by atoms with van der Waals surface area (Å²) in [5.41, 5.74) is 0.880. The fourth-order valence-electron chi connectivity index (χ4n) is 3.64. The van der Waals surface area contributed by atoms with Crippen molar-refractivity contribution in [2.24, 2.45) is 5.92 Å². The van der Waals surface area contributed by atoms with Crippen molar-refractivity contribution >= 4 is 23.5 Å². The third-order valence-corrected chi connectivity index (χ3v) is 5.40. The second kappa shape index (κ2) is 8.37. The van der Waals surface area contributed by atoms with E-state index in [0.29, 0.717) is 18.2 Å². The summed E-state index contributed by atoms with van der Waals surface area (Å²) in [5, 5.41) is 10.2. The SMILES string of the molecule is CC(OCC1CCCO1)C(=O)N1C[C@@H](C(=O)O)[C@H](c2ccc(Cl)cc2)C1. The molecule has 2 heterocycles. The summed E-state index contributed by atoms with van der Waals surface area (Å²) in [6.45, 7) is 3.40. The maximum Gasteiger partial charge on any atom is 0.308 e. The molecule has 0 spiro atoms. The minimum absolute atomic E-state index is 0.0532. The van der Waals surface area contributed by atoms with Crippen molar-refractivity contribution in [2.45, 2.75) is 37.9 Å². The van der Waals surface area contributed by atoms with Crippen LogP contribution in [-0.4, -0.2) is 60.4 Å². The highest BCUT2D eigenvalue weighted by Gasteiger charge is 2.41. The molecule has 0 aromatic heterocycles. The van der Waals surface area contributed by atoms with Gasteiger partial charge in [0.15, 0.2) is 0 Å². The lowest BCUT2D eigenvalue weighted by molar-refractivity contribution is -0.144. The van der Waals surface area contributed by atoms with Gasteiger partial charge in [-0.2, -0.15) is 0 Å². The van der Waals surface area contributed by atoms with Crippen LogP contribution in [0.4, 0.5) is 0 Å². The maximum absolute atomic E-state index is 12.7. The number of likely N-dealkylation sites (tertiary alicyclic amines) is 1. The van der Waals surface area contributed by atoms with Crippen LogP contribution in [0, 0.1) is 5.92 Å². The molecule has 26 heavy (non-hydrogen) atoms. The van der Waals surface area contributed by atoms with E-state index in [1.807, 2.05) is 12.1 Å². The summed E-state index contributed by atoms with van der Waals surface area (Å²) in [4.78, 5) is 26.0. The minimum atomic E-state index is -0.895. The number of carbonyl (C=O) groups excluding carboxylic acids is 1. The average Bonchev–Trinajstić information content (AvgIpc) is 3.29. The molecule has 4 atom stereocenters. The maximum atomic E-state index is 12.7. The fraction of sp³-hybridized carbons (Fsp3) is 0.579. The van der Waals surface area contributed by atoms with E-state index in [-0.39, 0.29) is 24.5 Å². The molecule has 2 saturated heterocycles. The summed E-state index contributed by atoms with van der Waals surface area (Å²) in [6, 6.07) is 7.14. The lowest BCUT2D eigenvalue weighted by atomic mass is 9.89. The number of rotatable bonds is 6. The van der Waals surface area contributed by atoms with Gasteiger partial charge in [-0.05, 0) is 37.5 Å². The van der Waals surface area contributed by atoms with Crippen LogP contribution in [0.5, 0.6) is 0 Å². The zero-order valence-electron chi connectivity index (χ0n) is 14.8. The van der Waals surface area contributed by atoms with Crippen LogP contribution >= 0.6 is 11.6 Å². The first-order chi connectivity index (χ1) is 12.5. The zero-order chi connectivity index (χ0) is 18.7. The molecule has 2 aliphatic rings. The summed E-state index contributed by atoms with van der Waals surface area (Å²) in [5.74, 6) is -1.96. The number of hydrogen-bond acceptors (Lipinski definition) is 4. The van der Waals surface area contributed by atoms with Gasteiger partial charge in [0.2, 0.25) is 0 Å². The molecule has 3 rings (SSSR count). The number of carbonyl (C=O) groups is 2. The number of aliphatic carboxylic acids is 1. The molecule has 0 bridgehead atoms. The van der Waals surface area contributed by atoms with Crippen LogP contribution in [0.3, 0.4) is 0 Å². The predicted octanol–water partition coefficient (Wildman–Crippen LogP) is 2.55. The van der Waals surface area contributed by atoms with Crippen LogP contribution in [-0.2, 0) is 19.1 Å². The Labute approximate surface area is 158 Å². The van der Waals surface area contributed by atoms with E-state index < -0.39 is 18.0 Å². The number of amides is 1. The Balaban J connectivity index is 1.63. The molecule has 0 saturated carbocycles. The largest absolute Gasteiger partial charge is 0.481 e. The van der Waals surface area contributed by atoms with Gasteiger partial charge in [-0.25, -0.2) is 0 Å². The number of halogens is 1. The highest BCUT2D eigenvalue weighted by molar-refractivity contribution is 6.30. The summed E-state index contributed by atoms with van der Waals surface area (Å²) in [6.07, 6.45) is 1.41. The molecule has 1 aromatic carbocycles. The Kier molecular flexibility index (Phi) is 6.16. The van der Waals surface area contributed by atoms with Gasteiger partial charge in [0.1, 0.15) is 6.10 Å². The van der Waals surface area contributed by atoms with E-state index in [2.05, 4.69) is 0 Å². The van der Waals surface area contributed by atoms with Crippen LogP contribution in [0.2, 0.25) is 5.02 Å². The number of carboxylic acid groups (broad SMARTS) is 1. The summed E-state index contributed by atoms with van der Waals surface area (Å²) < 4.78 is 11.2. The number of benzene rings is 1. The standard InChI is InChI=1S/C19H24ClNO5/c1-12(26-11-15-3-2-8-25-15)18(22)21-9-16(17(10-21)19(23)24)13-4-6-14(20)7-5-13/h4-7,12,15-17H,2-3,8-11H2,1H3,(H,23,24)/t12?,15?,16-,17+/m0/s1. The van der Waals surface area contributed by atoms with Gasteiger partial charge >= 0.3 is 5.97 Å². The lowest BCUT2D eigenvalue weighted by Crippen LogP contribution is -2.39. The molecule has 1 amide bonds. The summed E-state index contributed by atoms with van der Waals surface area (Å²) in [7, 11) is 0. The van der Waals surface area contributed by atoms with Gasteiger partial charge in [-0.3, -0.25) is 9.59 Å². The second-order valence-corrected chi connectivity index (χ2v) is 7.39. The Morgan fingerprint density at radius 1 is 1.35 bits per heavy atom. The lowest BCUT2D eigenvalue weighted by Gasteiger charge is -2.22. The van der Waals surface area contributed by atoms with Crippen molar-refractivity contribution in [2.75, 3.05) is 26.3 Å². The monoisotopic (exact) mass is 381 g/mol. The highest BCUT2D eigenvalue weighted by atomic mass is 35.5. The van der Waals surface area contributed by atoms with Crippen molar-refractivity contribution < 1.29 is 24.2 Å². The number of ether oxygens (including phenoxy) is 2. The van der Waals surface area contributed by atoms with E-state index in [1.54, 1.807) is 24.0 Å². The van der Waals surface area contributed by atoms with Crippen molar-refractivity contribution in [3.8, 4) is 0 Å². The molecule has 1 aromatic rings. The van der Waals surface area contributed by atoms with Gasteiger partial charge in [0.25, 0.3) is 5.91 Å². The Bertz CT molecular complexity index is 644. The minimum Gasteiger partial charge on any atom is -0.481 e. The van der Waals surface area contributed by atoms with Crippen molar-refractivity contribution in [3.05, 3.63) is 34.9 Å². The molecule has 6 nitrogen and oxygen atoms in total. The Hall–Kier alpha value is -1.63. The molecule has 1 N–H and O–H groups in total. The summed E-state index contributed by atoms with van der Waals surface area (Å²) >= 11 is 5.92. The molecule has 2 unspecified atom stereocenters. The van der Waals surface area contributed by atoms with Crippen molar-refractivity contribution in [1.29, 1.82) is 0 Å². The third-order valence-electron chi connectivity index (χ3n) is 5.15. The molecule has 0 radical (unpaired) electrons. The van der Waals surface area contributed by atoms with Gasteiger partial charge in [-0.15, -0.1) is 0 Å². The topological polar surface area (TPSA) is 76.1 Å². The molecular weight excluding hydrogens is 358 g/mol. The van der Waals surface area contributed by atoms with E-state index >= 15 is 0 Å². The quantitative estimate of drug-likeness (QED) is 0.819. The van der Waals surface area contributed by atoms with Crippen LogP contribution in [0.15, 0.2) is 24.3 Å². The van der Waals surface area contributed by atoms with Gasteiger partial charge < -0.3 is 19.5 Å². The van der Waals surface area contributed by atoms with Crippen molar-refractivity contribution in [1.82, 2.24) is 4.90 Å². The first kappa shape index (κ1) is 19.1. The predicted molar refractivity (Wildman–Crippen MR) is 96.3 cm³/mol. The van der Waals surface area contributed by atoms with Crippen molar-refractivity contribution in [3.63, 3.8) is 0 Å². The van der Waals surface area contributed by atoms with Gasteiger partial charge in [-0.1, -0.05) is 23.7 Å². The van der Waals surface area contributed by atoms with E-state index in [1.165, 1.54) is 0 Å². The third kappa shape index (κ3) is 4.37. The molecule has 2 fully saturated rings. The number of nitrogens with zero attached hydrogens (tertiary/aromatic N) is 1. The molecule has 0 aliphatic carbocycles. The molecule has 2 aliphatic heterocycles. The normalized spacial score (nSPS) is 26.8. The molecular formula is C19H24ClNO5. The van der Waals surface area contributed by atoms with Gasteiger partial charge in [0.05, 0.1) is 18.6 Å². The van der Waals surface area contributed by atoms with Crippen LogP contribution in [0.25, 0.3) is 0 Å².